The van der Waals surface area contributed by atoms with Gasteiger partial charge >= 0.3 is 0 Å². The van der Waals surface area contributed by atoms with E-state index < -0.39 is 0 Å². The van der Waals surface area contributed by atoms with Crippen LogP contribution in [0.3, 0.4) is 0 Å². The Bertz CT molecular complexity index is 499. The zero-order valence-electron chi connectivity index (χ0n) is 11.9. The molecule has 0 aromatic heterocycles. The van der Waals surface area contributed by atoms with Gasteiger partial charge in [0.1, 0.15) is 5.75 Å². The monoisotopic (exact) mass is 352 g/mol. The lowest BCUT2D eigenvalue weighted by Gasteiger charge is -2.38. The molecule has 1 aromatic rings. The molecule has 1 N–H and O–H groups in total. The smallest absolute Gasteiger partial charge is 0.260 e. The Morgan fingerprint density at radius 3 is 2.86 bits per heavy atom. The maximum Gasteiger partial charge on any atom is 0.260 e. The summed E-state index contributed by atoms with van der Waals surface area (Å²) in [6, 6.07) is 5.37. The molecule has 1 heterocycles. The molecule has 0 aliphatic carbocycles. The van der Waals surface area contributed by atoms with Crippen LogP contribution in [0.4, 0.5) is 0 Å². The molecule has 21 heavy (non-hydrogen) atoms. The number of nitrogens with zero attached hydrogens (tertiary/aromatic N) is 1. The molecule has 1 fully saturated rings. The number of halogens is 3. The van der Waals surface area contributed by atoms with Crippen LogP contribution in [-0.4, -0.2) is 42.6 Å². The first-order chi connectivity index (χ1) is 9.49. The van der Waals surface area contributed by atoms with Gasteiger partial charge in [0, 0.05) is 36.3 Å². The van der Waals surface area contributed by atoms with Crippen molar-refractivity contribution < 1.29 is 9.53 Å². The second-order valence-corrected chi connectivity index (χ2v) is 5.78. The second-order valence-electron chi connectivity index (χ2n) is 4.93. The van der Waals surface area contributed by atoms with Crippen LogP contribution in [0, 0.1) is 0 Å². The van der Waals surface area contributed by atoms with Gasteiger partial charge in [-0.05, 0) is 26.0 Å². The molecule has 1 amide bonds. The van der Waals surface area contributed by atoms with E-state index in [1.165, 1.54) is 0 Å². The van der Waals surface area contributed by atoms with E-state index in [1.54, 1.807) is 18.2 Å². The number of carbonyl (C=O) groups excluding carboxylic acids is 1. The summed E-state index contributed by atoms with van der Waals surface area (Å²) in [5.41, 5.74) is 0. The van der Waals surface area contributed by atoms with E-state index in [2.05, 4.69) is 12.2 Å². The Balaban J connectivity index is 0.00000220. The van der Waals surface area contributed by atoms with Crippen molar-refractivity contribution in [3.8, 4) is 5.75 Å². The lowest BCUT2D eigenvalue weighted by atomic mass is 10.1. The number of nitrogens with one attached hydrogen (secondary N) is 1. The van der Waals surface area contributed by atoms with Crippen molar-refractivity contribution in [3.63, 3.8) is 0 Å². The number of benzene rings is 1. The van der Waals surface area contributed by atoms with Gasteiger partial charge < -0.3 is 15.0 Å². The lowest BCUT2D eigenvalue weighted by molar-refractivity contribution is -0.137. The lowest BCUT2D eigenvalue weighted by Crippen LogP contribution is -2.58. The van der Waals surface area contributed by atoms with Gasteiger partial charge in [-0.25, -0.2) is 0 Å². The predicted molar refractivity (Wildman–Crippen MR) is 87.8 cm³/mol. The number of rotatable bonds is 3. The summed E-state index contributed by atoms with van der Waals surface area (Å²) in [4.78, 5) is 14.1. The average Bonchev–Trinajstić information content (AvgIpc) is 2.42. The summed E-state index contributed by atoms with van der Waals surface area (Å²) in [5, 5.41) is 4.31. The van der Waals surface area contributed by atoms with Gasteiger partial charge in [0.2, 0.25) is 0 Å². The number of amides is 1. The Kier molecular flexibility index (Phi) is 7.07. The van der Waals surface area contributed by atoms with Gasteiger partial charge in [0.25, 0.3) is 5.91 Å². The van der Waals surface area contributed by atoms with Crippen molar-refractivity contribution in [1.29, 1.82) is 0 Å². The Hall–Kier alpha value is -0.680. The van der Waals surface area contributed by atoms with Crippen molar-refractivity contribution in [1.82, 2.24) is 10.2 Å². The van der Waals surface area contributed by atoms with Crippen LogP contribution >= 0.6 is 35.6 Å². The second kappa shape index (κ2) is 8.08. The molecular weight excluding hydrogens is 335 g/mol. The highest BCUT2D eigenvalue weighted by Gasteiger charge is 2.28. The van der Waals surface area contributed by atoms with E-state index in [0.29, 0.717) is 22.3 Å². The van der Waals surface area contributed by atoms with Gasteiger partial charge in [0.15, 0.2) is 6.61 Å². The average molecular weight is 354 g/mol. The quantitative estimate of drug-likeness (QED) is 0.908. The summed E-state index contributed by atoms with van der Waals surface area (Å²) in [6.07, 6.45) is 0. The predicted octanol–water partition coefficient (Wildman–Crippen LogP) is 3.00. The van der Waals surface area contributed by atoms with E-state index in [1.807, 2.05) is 11.8 Å². The van der Waals surface area contributed by atoms with E-state index >= 15 is 0 Å². The molecule has 0 radical (unpaired) electrons. The first-order valence-corrected chi connectivity index (χ1v) is 7.35. The van der Waals surface area contributed by atoms with Crippen LogP contribution in [0.1, 0.15) is 13.8 Å². The van der Waals surface area contributed by atoms with Crippen LogP contribution < -0.4 is 10.1 Å². The van der Waals surface area contributed by atoms with Crippen LogP contribution in [0.2, 0.25) is 10.0 Å². The molecule has 1 aliphatic rings. The van der Waals surface area contributed by atoms with Crippen LogP contribution in [-0.2, 0) is 4.79 Å². The molecule has 7 heteroatoms. The SMILES string of the molecule is CC1NCCN(C(=O)COc2cc(Cl)ccc2Cl)C1C.Cl. The molecule has 2 unspecified atom stereocenters. The van der Waals surface area contributed by atoms with Crippen molar-refractivity contribution >= 4 is 41.5 Å². The van der Waals surface area contributed by atoms with Gasteiger partial charge in [-0.2, -0.15) is 0 Å². The molecule has 1 saturated heterocycles. The highest BCUT2D eigenvalue weighted by Crippen LogP contribution is 2.27. The van der Waals surface area contributed by atoms with E-state index in [-0.39, 0.29) is 37.0 Å². The molecule has 1 aliphatic heterocycles. The third kappa shape index (κ3) is 4.65. The molecule has 0 spiro atoms. The molecular formula is C14H19Cl3N2O2. The van der Waals surface area contributed by atoms with Gasteiger partial charge in [0.05, 0.1) is 5.02 Å². The number of hydrogen-bond acceptors (Lipinski definition) is 3. The number of piperazine rings is 1. The molecule has 0 saturated carbocycles. The summed E-state index contributed by atoms with van der Waals surface area (Å²) < 4.78 is 5.49. The standard InChI is InChI=1S/C14H18Cl2N2O2.ClH/c1-9-10(2)18(6-5-17-9)14(19)8-20-13-7-11(15)3-4-12(13)16;/h3-4,7,9-10,17H,5-6,8H2,1-2H3;1H. The minimum absolute atomic E-state index is 0. The largest absolute Gasteiger partial charge is 0.482 e. The Morgan fingerprint density at radius 2 is 2.14 bits per heavy atom. The summed E-state index contributed by atoms with van der Waals surface area (Å²) in [7, 11) is 0. The van der Waals surface area contributed by atoms with Crippen LogP contribution in [0.15, 0.2) is 18.2 Å². The maximum atomic E-state index is 12.2. The van der Waals surface area contributed by atoms with Gasteiger partial charge in [-0.15, -0.1) is 12.4 Å². The van der Waals surface area contributed by atoms with Gasteiger partial charge in [-0.3, -0.25) is 4.79 Å². The normalized spacial score (nSPS) is 21.6. The van der Waals surface area contributed by atoms with E-state index in [0.717, 1.165) is 6.54 Å². The highest BCUT2D eigenvalue weighted by molar-refractivity contribution is 6.34. The van der Waals surface area contributed by atoms with E-state index in [4.69, 9.17) is 27.9 Å². The van der Waals surface area contributed by atoms with Crippen molar-refractivity contribution in [2.24, 2.45) is 0 Å². The first-order valence-electron chi connectivity index (χ1n) is 6.59. The number of carbonyl (C=O) groups is 1. The van der Waals surface area contributed by atoms with Crippen molar-refractivity contribution in [2.75, 3.05) is 19.7 Å². The van der Waals surface area contributed by atoms with Crippen LogP contribution in [0.25, 0.3) is 0 Å². The van der Waals surface area contributed by atoms with Crippen molar-refractivity contribution in [2.45, 2.75) is 25.9 Å². The summed E-state index contributed by atoms with van der Waals surface area (Å²) in [6.45, 7) is 5.56. The first kappa shape index (κ1) is 18.4. The maximum absolute atomic E-state index is 12.2. The molecule has 118 valence electrons. The molecule has 4 nitrogen and oxygen atoms in total. The van der Waals surface area contributed by atoms with Crippen LogP contribution in [0.5, 0.6) is 5.75 Å². The summed E-state index contributed by atoms with van der Waals surface area (Å²) >= 11 is 11.9. The number of hydrogen-bond donors (Lipinski definition) is 1. The summed E-state index contributed by atoms with van der Waals surface area (Å²) in [5.74, 6) is 0.394. The highest BCUT2D eigenvalue weighted by atomic mass is 35.5. The molecule has 0 bridgehead atoms. The van der Waals surface area contributed by atoms with E-state index in [9.17, 15) is 4.79 Å². The zero-order chi connectivity index (χ0) is 14.7. The molecule has 2 rings (SSSR count). The number of ether oxygens (including phenoxy) is 1. The fourth-order valence-corrected chi connectivity index (χ4v) is 2.55. The molecule has 1 aromatic carbocycles. The Labute approximate surface area is 141 Å². The van der Waals surface area contributed by atoms with Gasteiger partial charge in [-0.1, -0.05) is 23.2 Å². The fraction of sp³-hybridized carbons (Fsp3) is 0.500. The fourth-order valence-electron chi connectivity index (χ4n) is 2.22. The minimum atomic E-state index is -0.0399. The van der Waals surface area contributed by atoms with Crippen molar-refractivity contribution in [3.05, 3.63) is 28.2 Å². The zero-order valence-corrected chi connectivity index (χ0v) is 14.3. The minimum Gasteiger partial charge on any atom is -0.482 e. The third-order valence-corrected chi connectivity index (χ3v) is 4.15. The molecule has 2 atom stereocenters. The topological polar surface area (TPSA) is 41.6 Å². The third-order valence-electron chi connectivity index (χ3n) is 3.60. The Morgan fingerprint density at radius 1 is 1.43 bits per heavy atom.